The van der Waals surface area contributed by atoms with Crippen LogP contribution in [0.1, 0.15) is 0 Å². The Labute approximate surface area is 122 Å². The first kappa shape index (κ1) is 13.4. The lowest BCUT2D eigenvalue weighted by atomic mass is 10.1. The molecular weight excluding hydrogens is 288 g/mol. The van der Waals surface area contributed by atoms with Crippen LogP contribution < -0.4 is 4.72 Å². The fourth-order valence-electron chi connectivity index (χ4n) is 2.01. The third-order valence-electron chi connectivity index (χ3n) is 2.93. The Morgan fingerprint density at radius 2 is 1.62 bits per heavy atom. The predicted molar refractivity (Wildman–Crippen MR) is 79.2 cm³/mol. The zero-order valence-electron chi connectivity index (χ0n) is 10.9. The lowest BCUT2D eigenvalue weighted by Gasteiger charge is -2.10. The van der Waals surface area contributed by atoms with E-state index in [1.54, 1.807) is 24.3 Å². The largest absolute Gasteiger partial charge is 0.338 e. The molecule has 0 amide bonds. The van der Waals surface area contributed by atoms with E-state index in [1.165, 1.54) is 12.3 Å². The fourth-order valence-corrected chi connectivity index (χ4v) is 3.23. The number of nitrogens with one attached hydrogen (secondary N) is 1. The van der Waals surface area contributed by atoms with Crippen molar-refractivity contribution in [3.63, 3.8) is 0 Å². The molecular formula is C15H12N2O3S. The minimum atomic E-state index is -3.75. The lowest BCUT2D eigenvalue weighted by Crippen LogP contribution is -2.13. The van der Waals surface area contributed by atoms with Crippen molar-refractivity contribution in [2.45, 2.75) is 4.90 Å². The number of aromatic nitrogens is 1. The van der Waals surface area contributed by atoms with Crippen LogP contribution in [-0.2, 0) is 10.0 Å². The summed E-state index contributed by atoms with van der Waals surface area (Å²) in [6.07, 6.45) is 1.38. The smallest absolute Gasteiger partial charge is 0.264 e. The van der Waals surface area contributed by atoms with Crippen molar-refractivity contribution < 1.29 is 12.9 Å². The highest BCUT2D eigenvalue weighted by atomic mass is 32.2. The molecule has 0 saturated heterocycles. The van der Waals surface area contributed by atoms with Gasteiger partial charge in [0.15, 0.2) is 0 Å². The first-order valence-electron chi connectivity index (χ1n) is 6.25. The maximum absolute atomic E-state index is 12.5. The quantitative estimate of drug-likeness (QED) is 0.803. The van der Waals surface area contributed by atoms with E-state index in [9.17, 15) is 8.42 Å². The van der Waals surface area contributed by atoms with Gasteiger partial charge in [0.05, 0.1) is 11.1 Å². The second kappa shape index (κ2) is 5.41. The Balaban J connectivity index is 2.07. The normalized spacial score (nSPS) is 11.2. The minimum absolute atomic E-state index is 0.0814. The summed E-state index contributed by atoms with van der Waals surface area (Å²) in [5, 5.41) is 3.48. The van der Waals surface area contributed by atoms with Crippen LogP contribution in [0.5, 0.6) is 0 Å². The lowest BCUT2D eigenvalue weighted by molar-refractivity contribution is 0.435. The van der Waals surface area contributed by atoms with E-state index in [2.05, 4.69) is 9.88 Å². The van der Waals surface area contributed by atoms with Crippen molar-refractivity contribution in [1.82, 2.24) is 5.16 Å². The summed E-state index contributed by atoms with van der Waals surface area (Å²) in [5.74, 6) is 0.0814. The predicted octanol–water partition coefficient (Wildman–Crippen LogP) is 3.14. The van der Waals surface area contributed by atoms with Crippen molar-refractivity contribution in [3.8, 4) is 11.1 Å². The van der Waals surface area contributed by atoms with E-state index >= 15 is 0 Å². The van der Waals surface area contributed by atoms with Gasteiger partial charge in [-0.25, -0.2) is 13.1 Å². The van der Waals surface area contributed by atoms with Crippen molar-refractivity contribution in [2.75, 3.05) is 4.72 Å². The zero-order valence-corrected chi connectivity index (χ0v) is 11.7. The van der Waals surface area contributed by atoms with Gasteiger partial charge in [0, 0.05) is 11.6 Å². The van der Waals surface area contributed by atoms with E-state index in [-0.39, 0.29) is 10.8 Å². The fraction of sp³-hybridized carbons (Fsp3) is 0. The van der Waals surface area contributed by atoms with Crippen LogP contribution in [0.3, 0.4) is 0 Å². The molecule has 3 aromatic rings. The molecule has 2 aromatic carbocycles. The summed E-state index contributed by atoms with van der Waals surface area (Å²) in [6, 6.07) is 17.6. The molecule has 1 heterocycles. The number of rotatable bonds is 4. The van der Waals surface area contributed by atoms with Gasteiger partial charge in [-0.1, -0.05) is 53.7 Å². The molecule has 0 bridgehead atoms. The van der Waals surface area contributed by atoms with Crippen LogP contribution in [0, 0.1) is 0 Å². The van der Waals surface area contributed by atoms with Crippen LogP contribution in [0.15, 0.2) is 76.3 Å². The molecule has 21 heavy (non-hydrogen) atoms. The number of hydrogen-bond acceptors (Lipinski definition) is 4. The Bertz CT molecular complexity index is 828. The van der Waals surface area contributed by atoms with Gasteiger partial charge in [0.25, 0.3) is 10.0 Å². The van der Waals surface area contributed by atoms with Crippen LogP contribution in [-0.4, -0.2) is 13.6 Å². The highest BCUT2D eigenvalue weighted by Crippen LogP contribution is 2.28. The summed E-state index contributed by atoms with van der Waals surface area (Å²) in [4.78, 5) is 0.188. The Morgan fingerprint density at radius 1 is 0.905 bits per heavy atom. The third kappa shape index (κ3) is 2.80. The van der Waals surface area contributed by atoms with Gasteiger partial charge >= 0.3 is 0 Å². The average Bonchev–Trinajstić information content (AvgIpc) is 3.00. The molecule has 0 radical (unpaired) electrons. The van der Waals surface area contributed by atoms with E-state index in [0.29, 0.717) is 5.56 Å². The molecule has 0 atom stereocenters. The SMILES string of the molecule is O=S(=O)(Nc1ccno1)c1ccccc1-c1ccccc1. The molecule has 1 N–H and O–H groups in total. The number of benzene rings is 2. The maximum atomic E-state index is 12.5. The highest BCUT2D eigenvalue weighted by Gasteiger charge is 2.20. The summed E-state index contributed by atoms with van der Waals surface area (Å²) in [7, 11) is -3.75. The van der Waals surface area contributed by atoms with Crippen molar-refractivity contribution in [1.29, 1.82) is 0 Å². The van der Waals surface area contributed by atoms with Crippen molar-refractivity contribution in [2.24, 2.45) is 0 Å². The molecule has 6 heteroatoms. The Morgan fingerprint density at radius 3 is 2.33 bits per heavy atom. The topological polar surface area (TPSA) is 72.2 Å². The van der Waals surface area contributed by atoms with Gasteiger partial charge in [-0.05, 0) is 11.6 Å². The van der Waals surface area contributed by atoms with Crippen LogP contribution in [0.4, 0.5) is 5.88 Å². The standard InChI is InChI=1S/C15H12N2O3S/c18-21(19,17-15-10-11-16-20-15)14-9-5-4-8-13(14)12-6-2-1-3-7-12/h1-11,17H. The molecule has 3 rings (SSSR count). The van der Waals surface area contributed by atoms with Gasteiger partial charge in [0.1, 0.15) is 0 Å². The number of nitrogens with zero attached hydrogens (tertiary/aromatic N) is 1. The molecule has 0 aliphatic rings. The van der Waals surface area contributed by atoms with Crippen LogP contribution in [0.25, 0.3) is 11.1 Å². The molecule has 5 nitrogen and oxygen atoms in total. The minimum Gasteiger partial charge on any atom is -0.338 e. The van der Waals surface area contributed by atoms with E-state index in [4.69, 9.17) is 4.52 Å². The molecule has 0 aliphatic heterocycles. The number of sulfonamides is 1. The van der Waals surface area contributed by atoms with Gasteiger partial charge in [0.2, 0.25) is 5.88 Å². The van der Waals surface area contributed by atoms with Gasteiger partial charge < -0.3 is 4.52 Å². The molecule has 0 spiro atoms. The van der Waals surface area contributed by atoms with Gasteiger partial charge in [-0.2, -0.15) is 0 Å². The second-order valence-electron chi connectivity index (χ2n) is 4.34. The molecule has 1 aromatic heterocycles. The summed E-state index contributed by atoms with van der Waals surface area (Å²) in [5.41, 5.74) is 1.46. The monoisotopic (exact) mass is 300 g/mol. The van der Waals surface area contributed by atoms with Gasteiger partial charge in [-0.15, -0.1) is 0 Å². The third-order valence-corrected chi connectivity index (χ3v) is 4.34. The van der Waals surface area contributed by atoms with E-state index in [0.717, 1.165) is 5.56 Å². The Hall–Kier alpha value is -2.60. The molecule has 0 fully saturated rings. The number of hydrogen-bond donors (Lipinski definition) is 1. The van der Waals surface area contributed by atoms with E-state index < -0.39 is 10.0 Å². The molecule has 0 unspecified atom stereocenters. The number of anilines is 1. The van der Waals surface area contributed by atoms with Crippen LogP contribution in [0.2, 0.25) is 0 Å². The first-order valence-corrected chi connectivity index (χ1v) is 7.73. The summed E-state index contributed by atoms with van der Waals surface area (Å²) in [6.45, 7) is 0. The molecule has 0 aliphatic carbocycles. The highest BCUT2D eigenvalue weighted by molar-refractivity contribution is 7.92. The van der Waals surface area contributed by atoms with Gasteiger partial charge in [-0.3, -0.25) is 0 Å². The zero-order chi connectivity index (χ0) is 14.7. The molecule has 0 saturated carbocycles. The summed E-state index contributed by atoms with van der Waals surface area (Å²) >= 11 is 0. The summed E-state index contributed by atoms with van der Waals surface area (Å²) < 4.78 is 32.2. The van der Waals surface area contributed by atoms with Crippen molar-refractivity contribution >= 4 is 15.9 Å². The van der Waals surface area contributed by atoms with Crippen molar-refractivity contribution in [3.05, 3.63) is 66.9 Å². The maximum Gasteiger partial charge on any atom is 0.264 e. The molecule has 106 valence electrons. The average molecular weight is 300 g/mol. The first-order chi connectivity index (χ1) is 10.2. The van der Waals surface area contributed by atoms with Crippen LogP contribution >= 0.6 is 0 Å². The van der Waals surface area contributed by atoms with E-state index in [1.807, 2.05) is 30.3 Å². The second-order valence-corrected chi connectivity index (χ2v) is 6.00. The Kier molecular flexibility index (Phi) is 3.45.